The minimum atomic E-state index is 0.0731. The highest BCUT2D eigenvalue weighted by Crippen LogP contribution is 2.21. The second kappa shape index (κ2) is 6.49. The zero-order chi connectivity index (χ0) is 14.7. The summed E-state index contributed by atoms with van der Waals surface area (Å²) in [6.45, 7) is 0. The van der Waals surface area contributed by atoms with Gasteiger partial charge in [0.25, 0.3) is 5.89 Å². The Bertz CT molecular complexity index is 625. The van der Waals surface area contributed by atoms with Crippen LogP contribution in [0.1, 0.15) is 18.7 Å². The van der Waals surface area contributed by atoms with Crippen LogP contribution in [0.4, 0.5) is 0 Å². The van der Waals surface area contributed by atoms with Gasteiger partial charge in [0.2, 0.25) is 5.91 Å². The molecule has 0 spiro atoms. The number of amides is 1. The van der Waals surface area contributed by atoms with Crippen molar-refractivity contribution in [3.63, 3.8) is 0 Å². The molecule has 0 saturated heterocycles. The van der Waals surface area contributed by atoms with Crippen LogP contribution in [0, 0.1) is 0 Å². The van der Waals surface area contributed by atoms with E-state index >= 15 is 0 Å². The quantitative estimate of drug-likeness (QED) is 0.885. The summed E-state index contributed by atoms with van der Waals surface area (Å²) in [5, 5.41) is 7.52. The third-order valence-corrected chi connectivity index (χ3v) is 4.15. The normalized spacial score (nSPS) is 14.1. The predicted molar refractivity (Wildman–Crippen MR) is 82.1 cm³/mol. The molecule has 1 aromatic heterocycles. The minimum Gasteiger partial charge on any atom is -0.353 e. The molecular formula is C14H14ClN3O2S. The molecule has 5 nitrogen and oxygen atoms in total. The molecule has 3 rings (SSSR count). The van der Waals surface area contributed by atoms with Crippen molar-refractivity contribution < 1.29 is 9.32 Å². The summed E-state index contributed by atoms with van der Waals surface area (Å²) in [5.41, 5.74) is 0.828. The number of nitrogens with one attached hydrogen (secondary N) is 1. The molecule has 0 bridgehead atoms. The third kappa shape index (κ3) is 4.22. The van der Waals surface area contributed by atoms with Crippen LogP contribution in [0.3, 0.4) is 0 Å². The first-order chi connectivity index (χ1) is 10.2. The van der Waals surface area contributed by atoms with Gasteiger partial charge in [0.05, 0.1) is 11.5 Å². The molecular weight excluding hydrogens is 310 g/mol. The summed E-state index contributed by atoms with van der Waals surface area (Å²) in [6, 6.07) is 7.61. The molecule has 110 valence electrons. The Balaban J connectivity index is 1.50. The molecule has 1 N–H and O–H groups in total. The van der Waals surface area contributed by atoms with Crippen LogP contribution in [0.2, 0.25) is 5.02 Å². The zero-order valence-electron chi connectivity index (χ0n) is 11.2. The molecule has 1 aliphatic carbocycles. The third-order valence-electron chi connectivity index (χ3n) is 2.97. The summed E-state index contributed by atoms with van der Waals surface area (Å²) in [5.74, 6) is 2.09. The Kier molecular flexibility index (Phi) is 4.45. The van der Waals surface area contributed by atoms with Gasteiger partial charge in [0.1, 0.15) is 0 Å². The zero-order valence-corrected chi connectivity index (χ0v) is 12.8. The van der Waals surface area contributed by atoms with E-state index < -0.39 is 0 Å². The molecule has 1 fully saturated rings. The van der Waals surface area contributed by atoms with Crippen LogP contribution in [0.5, 0.6) is 0 Å². The van der Waals surface area contributed by atoms with E-state index in [9.17, 15) is 4.79 Å². The lowest BCUT2D eigenvalue weighted by molar-refractivity contribution is -0.118. The Morgan fingerprint density at radius 2 is 2.14 bits per heavy atom. The molecule has 21 heavy (non-hydrogen) atoms. The highest BCUT2D eigenvalue weighted by molar-refractivity contribution is 7.99. The second-order valence-electron chi connectivity index (χ2n) is 4.86. The Morgan fingerprint density at radius 3 is 2.86 bits per heavy atom. The Hall–Kier alpha value is -1.53. The molecule has 0 atom stereocenters. The molecule has 2 aromatic rings. The van der Waals surface area contributed by atoms with Gasteiger partial charge in [-0.15, -0.1) is 11.8 Å². The van der Waals surface area contributed by atoms with Crippen molar-refractivity contribution in [3.8, 4) is 11.5 Å². The van der Waals surface area contributed by atoms with Gasteiger partial charge < -0.3 is 9.84 Å². The van der Waals surface area contributed by atoms with Crippen LogP contribution >= 0.6 is 23.4 Å². The van der Waals surface area contributed by atoms with E-state index in [2.05, 4.69) is 15.5 Å². The fourth-order valence-electron chi connectivity index (χ4n) is 1.75. The van der Waals surface area contributed by atoms with Gasteiger partial charge in [-0.25, -0.2) is 0 Å². The van der Waals surface area contributed by atoms with Crippen molar-refractivity contribution in [2.75, 3.05) is 5.75 Å². The minimum absolute atomic E-state index is 0.0731. The summed E-state index contributed by atoms with van der Waals surface area (Å²) >= 11 is 7.31. The highest BCUT2D eigenvalue weighted by atomic mass is 35.5. The van der Waals surface area contributed by atoms with Gasteiger partial charge >= 0.3 is 0 Å². The number of halogens is 1. The fraction of sp³-hybridized carbons (Fsp3) is 0.357. The Morgan fingerprint density at radius 1 is 1.38 bits per heavy atom. The number of rotatable bonds is 6. The van der Waals surface area contributed by atoms with Gasteiger partial charge in [0.15, 0.2) is 5.82 Å². The average molecular weight is 324 g/mol. The van der Waals surface area contributed by atoms with E-state index in [1.807, 2.05) is 12.1 Å². The number of hydrogen-bond acceptors (Lipinski definition) is 5. The number of aromatic nitrogens is 2. The van der Waals surface area contributed by atoms with Crippen LogP contribution in [-0.2, 0) is 10.5 Å². The molecule has 0 unspecified atom stereocenters. The second-order valence-corrected chi connectivity index (χ2v) is 6.28. The summed E-state index contributed by atoms with van der Waals surface area (Å²) in [7, 11) is 0. The van der Waals surface area contributed by atoms with Gasteiger partial charge in [0, 0.05) is 16.6 Å². The van der Waals surface area contributed by atoms with Crippen LogP contribution in [0.15, 0.2) is 28.8 Å². The van der Waals surface area contributed by atoms with Crippen molar-refractivity contribution in [2.45, 2.75) is 24.6 Å². The monoisotopic (exact) mass is 323 g/mol. The van der Waals surface area contributed by atoms with Crippen LogP contribution < -0.4 is 5.32 Å². The summed E-state index contributed by atoms with van der Waals surface area (Å²) < 4.78 is 5.20. The van der Waals surface area contributed by atoms with Gasteiger partial charge in [-0.1, -0.05) is 16.8 Å². The number of benzene rings is 1. The fourth-order valence-corrected chi connectivity index (χ4v) is 2.55. The summed E-state index contributed by atoms with van der Waals surface area (Å²) in [6.07, 6.45) is 2.21. The van der Waals surface area contributed by atoms with Crippen molar-refractivity contribution in [3.05, 3.63) is 35.1 Å². The molecule has 1 heterocycles. The molecule has 7 heteroatoms. The number of carbonyl (C=O) groups excluding carboxylic acids is 1. The average Bonchev–Trinajstić information content (AvgIpc) is 3.15. The van der Waals surface area contributed by atoms with Crippen LogP contribution in [-0.4, -0.2) is 27.8 Å². The molecule has 0 radical (unpaired) electrons. The molecule has 1 aromatic carbocycles. The maximum Gasteiger partial charge on any atom is 0.257 e. The lowest BCUT2D eigenvalue weighted by atomic mass is 10.2. The number of nitrogens with zero attached hydrogens (tertiary/aromatic N) is 2. The van der Waals surface area contributed by atoms with Crippen LogP contribution in [0.25, 0.3) is 11.5 Å². The number of hydrogen-bond donors (Lipinski definition) is 1. The van der Waals surface area contributed by atoms with Crippen molar-refractivity contribution in [1.82, 2.24) is 15.5 Å². The van der Waals surface area contributed by atoms with Crippen molar-refractivity contribution in [1.29, 1.82) is 0 Å². The van der Waals surface area contributed by atoms with E-state index in [0.717, 1.165) is 18.4 Å². The smallest absolute Gasteiger partial charge is 0.257 e. The first-order valence-corrected chi connectivity index (χ1v) is 8.19. The van der Waals surface area contributed by atoms with Crippen molar-refractivity contribution in [2.24, 2.45) is 0 Å². The van der Waals surface area contributed by atoms with E-state index in [4.69, 9.17) is 16.1 Å². The highest BCUT2D eigenvalue weighted by Gasteiger charge is 2.23. The maximum atomic E-state index is 11.5. The maximum absolute atomic E-state index is 11.5. The molecule has 1 amide bonds. The molecule has 1 aliphatic rings. The molecule has 0 aliphatic heterocycles. The first kappa shape index (κ1) is 14.4. The summed E-state index contributed by atoms with van der Waals surface area (Å²) in [4.78, 5) is 15.8. The van der Waals surface area contributed by atoms with E-state index in [1.54, 1.807) is 12.1 Å². The van der Waals surface area contributed by atoms with Gasteiger partial charge in [-0.05, 0) is 37.1 Å². The lowest BCUT2D eigenvalue weighted by Crippen LogP contribution is -2.27. The SMILES string of the molecule is O=C(CSCc1noc(-c2ccc(Cl)cc2)n1)NC1CC1. The predicted octanol–water partition coefficient (Wildman–Crippen LogP) is 2.90. The first-order valence-electron chi connectivity index (χ1n) is 6.66. The van der Waals surface area contributed by atoms with Gasteiger partial charge in [-0.3, -0.25) is 4.79 Å². The van der Waals surface area contributed by atoms with Crippen molar-refractivity contribution >= 4 is 29.3 Å². The van der Waals surface area contributed by atoms with Gasteiger partial charge in [-0.2, -0.15) is 4.98 Å². The van der Waals surface area contributed by atoms with E-state index in [-0.39, 0.29) is 5.91 Å². The standard InChI is InChI=1S/C14H14ClN3O2S/c15-10-3-1-9(2-4-10)14-17-12(18-20-14)7-21-8-13(19)16-11-5-6-11/h1-4,11H,5-8H2,(H,16,19). The topological polar surface area (TPSA) is 68.0 Å². The van der Waals surface area contributed by atoms with E-state index in [0.29, 0.717) is 34.3 Å². The Labute approximate surface area is 131 Å². The van der Waals surface area contributed by atoms with E-state index in [1.165, 1.54) is 11.8 Å². The number of carbonyl (C=O) groups is 1. The largest absolute Gasteiger partial charge is 0.353 e. The molecule has 1 saturated carbocycles. The lowest BCUT2D eigenvalue weighted by Gasteiger charge is -2.00. The number of thioether (sulfide) groups is 1.